The van der Waals surface area contributed by atoms with E-state index >= 15 is 0 Å². The molecule has 0 aliphatic heterocycles. The molecule has 1 nitrogen and oxygen atoms in total. The van der Waals surface area contributed by atoms with E-state index in [0.717, 1.165) is 18.4 Å². The van der Waals surface area contributed by atoms with Crippen molar-refractivity contribution < 1.29 is 9.18 Å². The van der Waals surface area contributed by atoms with Crippen molar-refractivity contribution in [2.75, 3.05) is 0 Å². The summed E-state index contributed by atoms with van der Waals surface area (Å²) >= 11 is 3.34. The Morgan fingerprint density at radius 3 is 2.43 bits per heavy atom. The number of ketones is 1. The second-order valence-electron chi connectivity index (χ2n) is 3.59. The number of hydrogen-bond acceptors (Lipinski definition) is 1. The third-order valence-electron chi connectivity index (χ3n) is 2.39. The van der Waals surface area contributed by atoms with Gasteiger partial charge in [-0.1, -0.05) is 28.1 Å². The van der Waals surface area contributed by atoms with E-state index < -0.39 is 0 Å². The van der Waals surface area contributed by atoms with Gasteiger partial charge in [0, 0.05) is 5.92 Å². The summed E-state index contributed by atoms with van der Waals surface area (Å²) in [7, 11) is 0. The van der Waals surface area contributed by atoms with Gasteiger partial charge in [-0.05, 0) is 30.5 Å². The Hall–Kier alpha value is -0.700. The molecule has 74 valence electrons. The molecule has 0 amide bonds. The second kappa shape index (κ2) is 3.81. The Bertz CT molecular complexity index is 343. The summed E-state index contributed by atoms with van der Waals surface area (Å²) in [4.78, 5) is 11.4. The lowest BCUT2D eigenvalue weighted by atomic mass is 10.1. The molecule has 0 heterocycles. The van der Waals surface area contributed by atoms with Crippen LogP contribution in [0.2, 0.25) is 0 Å². The van der Waals surface area contributed by atoms with E-state index in [1.165, 1.54) is 12.1 Å². The van der Waals surface area contributed by atoms with Crippen LogP contribution in [-0.2, 0) is 4.79 Å². The van der Waals surface area contributed by atoms with Crippen molar-refractivity contribution in [2.24, 2.45) is 5.92 Å². The largest absolute Gasteiger partial charge is 0.298 e. The molecule has 1 aliphatic carbocycles. The molecule has 0 aromatic heterocycles. The highest BCUT2D eigenvalue weighted by atomic mass is 79.9. The predicted molar refractivity (Wildman–Crippen MR) is 55.8 cm³/mol. The van der Waals surface area contributed by atoms with Gasteiger partial charge < -0.3 is 0 Å². The van der Waals surface area contributed by atoms with Gasteiger partial charge >= 0.3 is 0 Å². The predicted octanol–water partition coefficient (Wildman–Crippen LogP) is 3.24. The molecule has 14 heavy (non-hydrogen) atoms. The minimum absolute atomic E-state index is 0.219. The molecule has 1 aromatic rings. The van der Waals surface area contributed by atoms with E-state index in [2.05, 4.69) is 15.9 Å². The minimum atomic E-state index is -0.271. The molecule has 0 spiro atoms. The molecule has 0 unspecified atom stereocenters. The van der Waals surface area contributed by atoms with E-state index in [4.69, 9.17) is 0 Å². The zero-order chi connectivity index (χ0) is 10.1. The van der Waals surface area contributed by atoms with E-state index in [0.29, 0.717) is 0 Å². The Morgan fingerprint density at radius 2 is 1.93 bits per heavy atom. The van der Waals surface area contributed by atoms with Crippen molar-refractivity contribution in [1.29, 1.82) is 0 Å². The van der Waals surface area contributed by atoms with E-state index in [9.17, 15) is 9.18 Å². The number of carbonyl (C=O) groups excluding carboxylic acids is 1. The van der Waals surface area contributed by atoms with Crippen LogP contribution < -0.4 is 0 Å². The van der Waals surface area contributed by atoms with Gasteiger partial charge in [0.15, 0.2) is 5.78 Å². The average Bonchev–Trinajstić information content (AvgIpc) is 3.00. The van der Waals surface area contributed by atoms with Crippen molar-refractivity contribution in [1.82, 2.24) is 0 Å². The Balaban J connectivity index is 2.13. The molecule has 0 radical (unpaired) electrons. The number of rotatable bonds is 3. The highest BCUT2D eigenvalue weighted by Crippen LogP contribution is 2.38. The van der Waals surface area contributed by atoms with Crippen LogP contribution in [0.15, 0.2) is 24.3 Å². The molecule has 1 aromatic carbocycles. The first-order chi connectivity index (χ1) is 6.68. The lowest BCUT2D eigenvalue weighted by Gasteiger charge is -2.07. The van der Waals surface area contributed by atoms with Crippen molar-refractivity contribution in [2.45, 2.75) is 17.7 Å². The van der Waals surface area contributed by atoms with E-state index in [-0.39, 0.29) is 22.3 Å². The van der Waals surface area contributed by atoms with Gasteiger partial charge in [-0.15, -0.1) is 0 Å². The van der Waals surface area contributed by atoms with Gasteiger partial charge in [-0.25, -0.2) is 4.39 Å². The topological polar surface area (TPSA) is 17.1 Å². The van der Waals surface area contributed by atoms with Gasteiger partial charge in [-0.2, -0.15) is 0 Å². The minimum Gasteiger partial charge on any atom is -0.298 e. The summed E-state index contributed by atoms with van der Waals surface area (Å²) in [5.41, 5.74) is 0.836. The summed E-state index contributed by atoms with van der Waals surface area (Å²) in [6.45, 7) is 0. The first kappa shape index (κ1) is 9.84. The van der Waals surface area contributed by atoms with Crippen LogP contribution in [0.4, 0.5) is 4.39 Å². The molecule has 0 bridgehead atoms. The fraction of sp³-hybridized carbons (Fsp3) is 0.364. The Kier molecular flexibility index (Phi) is 2.68. The van der Waals surface area contributed by atoms with Gasteiger partial charge in [0.25, 0.3) is 0 Å². The van der Waals surface area contributed by atoms with Crippen LogP contribution in [0.1, 0.15) is 23.2 Å². The molecule has 3 heteroatoms. The van der Waals surface area contributed by atoms with Crippen LogP contribution >= 0.6 is 15.9 Å². The monoisotopic (exact) mass is 256 g/mol. The van der Waals surface area contributed by atoms with Gasteiger partial charge in [0.2, 0.25) is 0 Å². The Labute approximate surface area is 90.4 Å². The van der Waals surface area contributed by atoms with Crippen molar-refractivity contribution in [3.05, 3.63) is 35.6 Å². The summed E-state index contributed by atoms with van der Waals surface area (Å²) in [5.74, 6) is 0.174. The fourth-order valence-corrected chi connectivity index (χ4v) is 2.05. The second-order valence-corrected chi connectivity index (χ2v) is 4.51. The summed E-state index contributed by atoms with van der Waals surface area (Å²) < 4.78 is 12.6. The number of benzene rings is 1. The van der Waals surface area contributed by atoms with Gasteiger partial charge in [0.05, 0.1) is 4.83 Å². The number of halogens is 2. The smallest absolute Gasteiger partial charge is 0.153 e. The molecular weight excluding hydrogens is 247 g/mol. The van der Waals surface area contributed by atoms with Crippen LogP contribution in [-0.4, -0.2) is 5.78 Å². The zero-order valence-corrected chi connectivity index (χ0v) is 9.13. The van der Waals surface area contributed by atoms with Crippen molar-refractivity contribution in [3.8, 4) is 0 Å². The lowest BCUT2D eigenvalue weighted by Crippen LogP contribution is -2.08. The maximum Gasteiger partial charge on any atom is 0.153 e. The van der Waals surface area contributed by atoms with Gasteiger partial charge in [0.1, 0.15) is 5.82 Å². The number of hydrogen-bond donors (Lipinski definition) is 0. The van der Waals surface area contributed by atoms with E-state index in [1.807, 2.05) is 0 Å². The highest BCUT2D eigenvalue weighted by molar-refractivity contribution is 9.09. The van der Waals surface area contributed by atoms with Crippen molar-refractivity contribution >= 4 is 21.7 Å². The summed E-state index contributed by atoms with van der Waals surface area (Å²) in [5, 5.41) is 0. The van der Waals surface area contributed by atoms with Crippen LogP contribution in [0, 0.1) is 11.7 Å². The fourth-order valence-electron chi connectivity index (χ4n) is 1.37. The maximum atomic E-state index is 12.6. The van der Waals surface area contributed by atoms with Crippen LogP contribution in [0.25, 0.3) is 0 Å². The Morgan fingerprint density at radius 1 is 1.36 bits per heavy atom. The lowest BCUT2D eigenvalue weighted by molar-refractivity contribution is -0.119. The summed E-state index contributed by atoms with van der Waals surface area (Å²) in [6, 6.07) is 6.05. The molecule has 0 N–H and O–H groups in total. The third kappa shape index (κ3) is 2.03. The quantitative estimate of drug-likeness (QED) is 0.759. The molecule has 1 fully saturated rings. The number of carbonyl (C=O) groups is 1. The SMILES string of the molecule is O=C(C1CC1)[C@H](Br)c1ccc(F)cc1. The number of Topliss-reactive ketones (excluding diaryl/α,β-unsaturated/α-hetero) is 1. The van der Waals surface area contributed by atoms with Gasteiger partial charge in [-0.3, -0.25) is 4.79 Å². The maximum absolute atomic E-state index is 12.6. The van der Waals surface area contributed by atoms with Crippen LogP contribution in [0.3, 0.4) is 0 Å². The number of alkyl halides is 1. The van der Waals surface area contributed by atoms with Crippen LogP contribution in [0.5, 0.6) is 0 Å². The normalized spacial score (nSPS) is 17.9. The first-order valence-corrected chi connectivity index (χ1v) is 5.53. The molecule has 1 atom stereocenters. The zero-order valence-electron chi connectivity index (χ0n) is 7.54. The molecule has 0 saturated heterocycles. The molecule has 2 rings (SSSR count). The average molecular weight is 257 g/mol. The third-order valence-corrected chi connectivity index (χ3v) is 3.37. The summed E-state index contributed by atoms with van der Waals surface area (Å²) in [6.07, 6.45) is 2.00. The van der Waals surface area contributed by atoms with Crippen molar-refractivity contribution in [3.63, 3.8) is 0 Å². The first-order valence-electron chi connectivity index (χ1n) is 4.62. The standard InChI is InChI=1S/C11H10BrFO/c12-10(11(14)8-1-2-8)7-3-5-9(13)6-4-7/h3-6,8,10H,1-2H2/t10-/m1/s1. The molecule has 1 saturated carbocycles. The molecular formula is C11H10BrFO. The van der Waals surface area contributed by atoms with E-state index in [1.54, 1.807) is 12.1 Å². The molecule has 1 aliphatic rings. The highest BCUT2D eigenvalue weighted by Gasteiger charge is 2.34.